The Morgan fingerprint density at radius 2 is 1.67 bits per heavy atom. The van der Waals surface area contributed by atoms with Crippen LogP contribution < -0.4 is 12.6 Å². The largest absolute Gasteiger partial charge is 2.00 e. The summed E-state index contributed by atoms with van der Waals surface area (Å²) in [6.45, 7) is 14.6. The zero-order chi connectivity index (χ0) is 20.1. The maximum Gasteiger partial charge on any atom is 2.00 e. The molecule has 1 aliphatic heterocycles. The van der Waals surface area contributed by atoms with Crippen LogP contribution in [0.2, 0.25) is 4.87 Å². The molecular formula is C21H26BrNO2SbU. The van der Waals surface area contributed by atoms with Crippen LogP contribution in [-0.4, -0.2) is 29.6 Å². The van der Waals surface area contributed by atoms with Gasteiger partial charge in [0.1, 0.15) is 0 Å². The second kappa shape index (κ2) is 11.7. The van der Waals surface area contributed by atoms with E-state index in [0.29, 0.717) is 0 Å². The first-order valence-corrected chi connectivity index (χ1v) is 15.7. The summed E-state index contributed by atoms with van der Waals surface area (Å²) in [5, 5.41) is 0. The molecule has 1 unspecified atom stereocenters. The number of fused-ring (bicyclic) bond motifs is 1. The van der Waals surface area contributed by atoms with Crippen LogP contribution in [0.1, 0.15) is 31.9 Å². The number of rotatable bonds is 2. The van der Waals surface area contributed by atoms with Gasteiger partial charge in [0.2, 0.25) is 0 Å². The molecule has 27 heavy (non-hydrogen) atoms. The molecular weight excluding hydrogens is 738 g/mol. The summed E-state index contributed by atoms with van der Waals surface area (Å²) in [7, 11) is 0. The van der Waals surface area contributed by atoms with Gasteiger partial charge in [0, 0.05) is 0 Å². The van der Waals surface area contributed by atoms with Crippen molar-refractivity contribution in [2.24, 2.45) is 0 Å². The van der Waals surface area contributed by atoms with Gasteiger partial charge in [-0.3, -0.25) is 0 Å². The number of pyridine rings is 1. The van der Waals surface area contributed by atoms with Gasteiger partial charge in [0.05, 0.1) is 0 Å². The molecule has 1 aliphatic rings. The van der Waals surface area contributed by atoms with Gasteiger partial charge in [0.15, 0.2) is 0 Å². The van der Waals surface area contributed by atoms with Gasteiger partial charge in [-0.05, 0) is 0 Å². The Kier molecular flexibility index (Phi) is 11.6. The molecule has 3 rings (SSSR count). The van der Waals surface area contributed by atoms with Crippen molar-refractivity contribution in [3.63, 3.8) is 0 Å². The number of halogens is 1. The summed E-state index contributed by atoms with van der Waals surface area (Å²) in [6, 6.07) is 8.16. The van der Waals surface area contributed by atoms with Crippen LogP contribution >= 0.6 is 15.9 Å². The molecule has 0 amide bonds. The Morgan fingerprint density at radius 1 is 1.15 bits per heavy atom. The molecule has 2 aromatic rings. The Hall–Kier alpha value is -0.200. The molecule has 3 nitrogen and oxygen atoms in total. The minimum Gasteiger partial charge on any atom is 2.00 e. The van der Waals surface area contributed by atoms with Crippen molar-refractivity contribution >= 4 is 53.6 Å². The molecule has 0 spiro atoms. The van der Waals surface area contributed by atoms with E-state index in [-0.39, 0.29) is 42.5 Å². The van der Waals surface area contributed by atoms with Crippen LogP contribution in [0.5, 0.6) is 0 Å². The van der Waals surface area contributed by atoms with Gasteiger partial charge in [-0.15, -0.1) is 0 Å². The van der Waals surface area contributed by atoms with Crippen LogP contribution in [-0.2, 0) is 4.79 Å². The topological polar surface area (TPSA) is 49.9 Å². The predicted molar refractivity (Wildman–Crippen MR) is 118 cm³/mol. The molecule has 143 valence electrons. The third kappa shape index (κ3) is 5.24. The van der Waals surface area contributed by atoms with Gasteiger partial charge in [-0.2, -0.15) is 6.92 Å². The first kappa shape index (κ1) is 26.8. The number of hydrogen-bond donors (Lipinski definition) is 1. The predicted octanol–water partition coefficient (Wildman–Crippen LogP) is 3.84. The van der Waals surface area contributed by atoms with E-state index >= 15 is 0 Å². The molecule has 1 radical (unpaired) electrons. The van der Waals surface area contributed by atoms with Crippen molar-refractivity contribution in [3.8, 4) is 0 Å². The zero-order valence-electron chi connectivity index (χ0n) is 16.5. The zero-order valence-corrected chi connectivity index (χ0v) is 24.8. The fourth-order valence-corrected chi connectivity index (χ4v) is 13.9. The average molecular weight is 764 g/mol. The summed E-state index contributed by atoms with van der Waals surface area (Å²) >= 11 is 0.0855. The normalized spacial score (nSPS) is 16.5. The minimum atomic E-state index is -3.39. The second-order valence-electron chi connectivity index (χ2n) is 5.52. The van der Waals surface area contributed by atoms with Crippen LogP contribution in [0.4, 0.5) is 0 Å². The quantitative estimate of drug-likeness (QED) is 0.374. The van der Waals surface area contributed by atoms with Crippen LogP contribution in [0, 0.1) is 51.9 Å². The average Bonchev–Trinajstić information content (AvgIpc) is 2.98. The van der Waals surface area contributed by atoms with E-state index in [1.807, 2.05) is 51.1 Å². The molecule has 6 heteroatoms. The Labute approximate surface area is 198 Å². The van der Waals surface area contributed by atoms with E-state index in [9.17, 15) is 9.59 Å². The third-order valence-corrected chi connectivity index (χ3v) is 16.2. The van der Waals surface area contributed by atoms with Gasteiger partial charge in [0.25, 0.3) is 0 Å². The monoisotopic (exact) mass is 762 g/mol. The number of carbonyl (C=O) groups is 1. The van der Waals surface area contributed by atoms with E-state index in [4.69, 9.17) is 0 Å². The summed E-state index contributed by atoms with van der Waals surface area (Å²) in [6.07, 6.45) is 3.49. The molecule has 0 bridgehead atoms. The molecule has 0 fully saturated rings. The number of aromatic amines is 1. The molecule has 1 aromatic carbocycles. The molecule has 1 N–H and O–H groups in total. The molecule has 0 saturated carbocycles. The van der Waals surface area contributed by atoms with Crippen LogP contribution in [0.15, 0.2) is 43.2 Å². The summed E-state index contributed by atoms with van der Waals surface area (Å²) in [5.74, 6) is -0.184. The van der Waals surface area contributed by atoms with E-state index in [1.54, 1.807) is 13.1 Å². The third-order valence-electron chi connectivity index (χ3n) is 4.10. The van der Waals surface area contributed by atoms with Gasteiger partial charge >= 0.3 is 173 Å². The van der Waals surface area contributed by atoms with E-state index in [0.717, 1.165) is 26.1 Å². The number of aryl methyl sites for hydroxylation is 1. The van der Waals surface area contributed by atoms with Crippen molar-refractivity contribution < 1.29 is 35.9 Å². The SMILES string of the molecule is CC.[CH2-]C.[CH2-]C(=O)[C]1=Cc2c(Br)c[nH]c(=O)[c]2[Sb]1([CH3])[c]1ccc(C)cc1.[U+2]. The fraction of sp³-hybridized carbons (Fsp3) is 0.238. The number of hydrogen-bond acceptors (Lipinski definition) is 2. The fourth-order valence-electron chi connectivity index (χ4n) is 2.92. The van der Waals surface area contributed by atoms with Crippen molar-refractivity contribution in [1.82, 2.24) is 4.98 Å². The van der Waals surface area contributed by atoms with Crippen LogP contribution in [0.3, 0.4) is 0 Å². The Bertz CT molecular complexity index is 875. The van der Waals surface area contributed by atoms with Gasteiger partial charge in [-0.1, -0.05) is 13.8 Å². The first-order chi connectivity index (χ1) is 12.4. The summed E-state index contributed by atoms with van der Waals surface area (Å²) < 4.78 is 3.43. The number of H-pyrrole nitrogens is 1. The number of aromatic nitrogens is 1. The standard InChI is InChI=1S/C9H5BrNO2.C7H7.C2H6.C2H5.CH3.Sb.U/c1-6(12)2-3-7-4-9(13)11-5-8(7)10;1-7-5-3-2-4-6-7;2*1-2;;;/h3,5H,1H2,(H,11,13);3-6H,1H3;1-2H3;1H2,2H3;1H3;;/q-1;;;-1;;;+2. The van der Waals surface area contributed by atoms with Crippen molar-refractivity contribution in [1.29, 1.82) is 0 Å². The molecule has 0 aliphatic carbocycles. The van der Waals surface area contributed by atoms with Crippen LogP contribution in [0.25, 0.3) is 6.08 Å². The summed E-state index contributed by atoms with van der Waals surface area (Å²) in [5.41, 5.74) is 1.90. The van der Waals surface area contributed by atoms with Gasteiger partial charge in [-0.25, -0.2) is 0 Å². The molecule has 1 aromatic heterocycles. The number of nitrogens with one attached hydrogen (secondary N) is 1. The van der Waals surface area contributed by atoms with E-state index < -0.39 is 18.8 Å². The Morgan fingerprint density at radius 3 is 2.15 bits per heavy atom. The van der Waals surface area contributed by atoms with E-state index in [2.05, 4.69) is 39.6 Å². The second-order valence-corrected chi connectivity index (χ2v) is 16.2. The van der Waals surface area contributed by atoms with Gasteiger partial charge < -0.3 is 6.92 Å². The van der Waals surface area contributed by atoms with Crippen molar-refractivity contribution in [3.05, 3.63) is 73.8 Å². The maximum absolute atomic E-state index is 12.5. The number of ketones is 1. The molecule has 2 heterocycles. The first-order valence-electron chi connectivity index (χ1n) is 8.50. The Balaban J connectivity index is 0.00000127. The van der Waals surface area contributed by atoms with Crippen molar-refractivity contribution in [2.75, 3.05) is 0 Å². The molecule has 0 saturated heterocycles. The molecule has 1 atom stereocenters. The smallest absolute Gasteiger partial charge is 2.00 e. The number of benzene rings is 1. The van der Waals surface area contributed by atoms with Crippen molar-refractivity contribution in [2.45, 2.75) is 32.6 Å². The maximum atomic E-state index is 12.5. The number of carbonyl (C=O) groups excluding carboxylic acids is 1. The summed E-state index contributed by atoms with van der Waals surface area (Å²) in [4.78, 5) is 29.5. The van der Waals surface area contributed by atoms with E-state index in [1.165, 1.54) is 0 Å². The minimum absolute atomic E-state index is 0. The number of Topliss-reactive ketones (excluding diaryl/α,β-unsaturated/α-hetero) is 1. The number of allylic oxidation sites excluding steroid dienone is 1.